The first-order chi connectivity index (χ1) is 10.9. The molecule has 0 aliphatic carbocycles. The van der Waals surface area contributed by atoms with Crippen molar-refractivity contribution in [2.45, 2.75) is 19.1 Å². The molecule has 2 N–H and O–H groups in total. The van der Waals surface area contributed by atoms with Gasteiger partial charge in [0, 0.05) is 5.56 Å². The SMILES string of the molecule is CC(NC(=O)c1cccc(C#N)c1)C(O)c1ccc(F)c(F)c1. The molecule has 23 heavy (non-hydrogen) atoms. The zero-order valence-electron chi connectivity index (χ0n) is 12.3. The van der Waals surface area contributed by atoms with Gasteiger partial charge in [0.1, 0.15) is 0 Å². The zero-order valence-corrected chi connectivity index (χ0v) is 12.3. The maximum atomic E-state index is 13.2. The molecule has 2 aromatic carbocycles. The number of carbonyl (C=O) groups is 1. The van der Waals surface area contributed by atoms with Gasteiger partial charge in [-0.25, -0.2) is 8.78 Å². The molecule has 0 bridgehead atoms. The summed E-state index contributed by atoms with van der Waals surface area (Å²) in [6.07, 6.45) is -1.20. The van der Waals surface area contributed by atoms with Gasteiger partial charge in [-0.3, -0.25) is 4.79 Å². The first-order valence-electron chi connectivity index (χ1n) is 6.86. The predicted molar refractivity (Wildman–Crippen MR) is 79.4 cm³/mol. The first kappa shape index (κ1) is 16.6. The number of benzene rings is 2. The largest absolute Gasteiger partial charge is 0.386 e. The Morgan fingerprint density at radius 1 is 1.22 bits per heavy atom. The molecule has 0 aromatic heterocycles. The molecular weight excluding hydrogens is 302 g/mol. The van der Waals surface area contributed by atoms with Crippen LogP contribution >= 0.6 is 0 Å². The summed E-state index contributed by atoms with van der Waals surface area (Å²) in [7, 11) is 0. The van der Waals surface area contributed by atoms with Crippen molar-refractivity contribution in [3.8, 4) is 6.07 Å². The summed E-state index contributed by atoms with van der Waals surface area (Å²) in [5.74, 6) is -2.55. The van der Waals surface area contributed by atoms with Gasteiger partial charge in [0.05, 0.1) is 23.8 Å². The van der Waals surface area contributed by atoms with E-state index >= 15 is 0 Å². The van der Waals surface area contributed by atoms with Crippen molar-refractivity contribution in [1.29, 1.82) is 5.26 Å². The van der Waals surface area contributed by atoms with Crippen LogP contribution in [-0.4, -0.2) is 17.1 Å². The maximum absolute atomic E-state index is 13.2. The number of aliphatic hydroxyl groups is 1. The number of hydrogen-bond donors (Lipinski definition) is 2. The van der Waals surface area contributed by atoms with E-state index in [4.69, 9.17) is 5.26 Å². The van der Waals surface area contributed by atoms with Gasteiger partial charge in [0.15, 0.2) is 11.6 Å². The number of carbonyl (C=O) groups excluding carboxylic acids is 1. The van der Waals surface area contributed by atoms with Crippen LogP contribution in [0.5, 0.6) is 0 Å². The van der Waals surface area contributed by atoms with Crippen molar-refractivity contribution >= 4 is 5.91 Å². The van der Waals surface area contributed by atoms with E-state index in [2.05, 4.69) is 5.32 Å². The quantitative estimate of drug-likeness (QED) is 0.911. The molecule has 0 saturated carbocycles. The van der Waals surface area contributed by atoms with Crippen LogP contribution in [0.1, 0.15) is 34.5 Å². The Kier molecular flexibility index (Phi) is 5.04. The standard InChI is InChI=1S/C17H14F2N2O2/c1-10(16(22)12-5-6-14(18)15(19)8-12)21-17(23)13-4-2-3-11(7-13)9-20/h2-8,10,16,22H,1H3,(H,21,23). The highest BCUT2D eigenvalue weighted by Crippen LogP contribution is 2.19. The zero-order chi connectivity index (χ0) is 17.0. The molecular formula is C17H14F2N2O2. The Labute approximate surface area is 132 Å². The van der Waals surface area contributed by atoms with Crippen LogP contribution in [0.3, 0.4) is 0 Å². The summed E-state index contributed by atoms with van der Waals surface area (Å²) in [6, 6.07) is 10.3. The van der Waals surface area contributed by atoms with Crippen LogP contribution in [0, 0.1) is 23.0 Å². The van der Waals surface area contributed by atoms with Crippen molar-refractivity contribution in [3.05, 3.63) is 70.8 Å². The van der Waals surface area contributed by atoms with E-state index in [0.717, 1.165) is 12.1 Å². The highest BCUT2D eigenvalue weighted by atomic mass is 19.2. The molecule has 0 spiro atoms. The highest BCUT2D eigenvalue weighted by molar-refractivity contribution is 5.94. The Morgan fingerprint density at radius 2 is 1.96 bits per heavy atom. The summed E-state index contributed by atoms with van der Waals surface area (Å²) in [5, 5.41) is 21.5. The van der Waals surface area contributed by atoms with Gasteiger partial charge in [0.2, 0.25) is 0 Å². The van der Waals surface area contributed by atoms with Gasteiger partial charge >= 0.3 is 0 Å². The van der Waals surface area contributed by atoms with E-state index in [1.807, 2.05) is 6.07 Å². The monoisotopic (exact) mass is 316 g/mol. The van der Waals surface area contributed by atoms with Gasteiger partial charge in [-0.2, -0.15) is 5.26 Å². The van der Waals surface area contributed by atoms with E-state index in [1.165, 1.54) is 25.1 Å². The highest BCUT2D eigenvalue weighted by Gasteiger charge is 2.20. The molecule has 2 rings (SSSR count). The molecule has 2 aromatic rings. The number of nitrogens with zero attached hydrogens (tertiary/aromatic N) is 1. The number of nitriles is 1. The lowest BCUT2D eigenvalue weighted by Crippen LogP contribution is -2.37. The fourth-order valence-corrected chi connectivity index (χ4v) is 2.08. The summed E-state index contributed by atoms with van der Waals surface area (Å²) in [4.78, 5) is 12.1. The lowest BCUT2D eigenvalue weighted by atomic mass is 10.0. The molecule has 0 aliphatic rings. The third-order valence-corrected chi connectivity index (χ3v) is 3.37. The lowest BCUT2D eigenvalue weighted by molar-refractivity contribution is 0.0851. The second-order valence-corrected chi connectivity index (χ2v) is 5.07. The number of aliphatic hydroxyl groups excluding tert-OH is 1. The molecule has 0 heterocycles. The molecule has 2 atom stereocenters. The summed E-state index contributed by atoms with van der Waals surface area (Å²) in [5.41, 5.74) is 0.766. The Balaban J connectivity index is 2.10. The minimum Gasteiger partial charge on any atom is -0.386 e. The first-order valence-corrected chi connectivity index (χ1v) is 6.86. The predicted octanol–water partition coefficient (Wildman–Crippen LogP) is 2.69. The third-order valence-electron chi connectivity index (χ3n) is 3.37. The lowest BCUT2D eigenvalue weighted by Gasteiger charge is -2.21. The van der Waals surface area contributed by atoms with Gasteiger partial charge in [-0.1, -0.05) is 12.1 Å². The minimum atomic E-state index is -1.20. The molecule has 1 amide bonds. The van der Waals surface area contributed by atoms with Crippen molar-refractivity contribution in [1.82, 2.24) is 5.32 Å². The second kappa shape index (κ2) is 6.99. The molecule has 0 saturated heterocycles. The van der Waals surface area contributed by atoms with E-state index in [1.54, 1.807) is 12.1 Å². The van der Waals surface area contributed by atoms with E-state index in [0.29, 0.717) is 5.56 Å². The fourth-order valence-electron chi connectivity index (χ4n) is 2.08. The second-order valence-electron chi connectivity index (χ2n) is 5.07. The van der Waals surface area contributed by atoms with Gasteiger partial charge in [-0.05, 0) is 42.8 Å². The molecule has 0 fully saturated rings. The van der Waals surface area contributed by atoms with Gasteiger partial charge < -0.3 is 10.4 Å². The number of nitrogens with one attached hydrogen (secondary N) is 1. The third kappa shape index (κ3) is 3.90. The van der Waals surface area contributed by atoms with Crippen LogP contribution < -0.4 is 5.32 Å². The molecule has 0 radical (unpaired) electrons. The van der Waals surface area contributed by atoms with E-state index in [9.17, 15) is 18.7 Å². The topological polar surface area (TPSA) is 73.1 Å². The minimum absolute atomic E-state index is 0.155. The van der Waals surface area contributed by atoms with Crippen molar-refractivity contribution < 1.29 is 18.7 Å². The Bertz CT molecular complexity index is 771. The fraction of sp³-hybridized carbons (Fsp3) is 0.176. The van der Waals surface area contributed by atoms with Crippen molar-refractivity contribution in [3.63, 3.8) is 0 Å². The summed E-state index contributed by atoms with van der Waals surface area (Å²) in [6.45, 7) is 1.54. The van der Waals surface area contributed by atoms with Gasteiger partial charge in [-0.15, -0.1) is 0 Å². The number of rotatable bonds is 4. The van der Waals surface area contributed by atoms with Crippen LogP contribution in [0.4, 0.5) is 8.78 Å². The molecule has 0 aliphatic heterocycles. The smallest absolute Gasteiger partial charge is 0.251 e. The number of halogens is 2. The van der Waals surface area contributed by atoms with Crippen LogP contribution in [0.25, 0.3) is 0 Å². The average molecular weight is 316 g/mol. The molecule has 2 unspecified atom stereocenters. The molecule has 6 heteroatoms. The van der Waals surface area contributed by atoms with Crippen LogP contribution in [-0.2, 0) is 0 Å². The maximum Gasteiger partial charge on any atom is 0.251 e. The summed E-state index contributed by atoms with van der Waals surface area (Å²) < 4.78 is 26.1. The van der Waals surface area contributed by atoms with Crippen molar-refractivity contribution in [2.24, 2.45) is 0 Å². The Morgan fingerprint density at radius 3 is 2.61 bits per heavy atom. The molecule has 118 valence electrons. The number of amides is 1. The normalized spacial score (nSPS) is 13.0. The van der Waals surface area contributed by atoms with Crippen LogP contribution in [0.2, 0.25) is 0 Å². The average Bonchev–Trinajstić information content (AvgIpc) is 2.56. The molecule has 4 nitrogen and oxygen atoms in total. The van der Waals surface area contributed by atoms with Crippen LogP contribution in [0.15, 0.2) is 42.5 Å². The van der Waals surface area contributed by atoms with Crippen molar-refractivity contribution in [2.75, 3.05) is 0 Å². The number of hydrogen-bond acceptors (Lipinski definition) is 3. The van der Waals surface area contributed by atoms with E-state index < -0.39 is 29.7 Å². The van der Waals surface area contributed by atoms with Gasteiger partial charge in [0.25, 0.3) is 5.91 Å². The van der Waals surface area contributed by atoms with E-state index in [-0.39, 0.29) is 11.1 Å². The summed E-state index contributed by atoms with van der Waals surface area (Å²) >= 11 is 0. The Hall–Kier alpha value is -2.78.